The van der Waals surface area contributed by atoms with Gasteiger partial charge in [-0.3, -0.25) is 0 Å². The number of allylic oxidation sites excluding steroid dienone is 2. The van der Waals surface area contributed by atoms with Crippen molar-refractivity contribution in [1.82, 2.24) is 4.90 Å². The van der Waals surface area contributed by atoms with Crippen LogP contribution in [-0.4, -0.2) is 23.1 Å². The van der Waals surface area contributed by atoms with E-state index < -0.39 is 5.60 Å². The van der Waals surface area contributed by atoms with Crippen molar-refractivity contribution in [3.05, 3.63) is 40.6 Å². The van der Waals surface area contributed by atoms with E-state index in [0.29, 0.717) is 18.8 Å². The Balaban J connectivity index is 2.37. The molecule has 0 radical (unpaired) electrons. The number of hydrogen-bond donors (Lipinski definition) is 1. The number of nitrogens with zero attached hydrogens (tertiary/aromatic N) is 4. The molecule has 0 saturated carbocycles. The molecule has 1 heterocycles. The minimum absolute atomic E-state index is 0.107. The Labute approximate surface area is 165 Å². The van der Waals surface area contributed by atoms with Crippen molar-refractivity contribution < 1.29 is 9.53 Å². The fourth-order valence-corrected chi connectivity index (χ4v) is 3.17. The topological polar surface area (TPSA) is 113 Å². The number of anilines is 1. The first-order valence-corrected chi connectivity index (χ1v) is 8.83. The molecule has 0 aromatic heterocycles. The van der Waals surface area contributed by atoms with Gasteiger partial charge in [-0.1, -0.05) is 19.9 Å². The SMILES string of the molecule is CC(C)(C)OC(=O)N1Cc2cc(NC(C#N)=C(C#N)C#N)ccc2C(C)(C)C1. The third-order valence-electron chi connectivity index (χ3n) is 4.29. The van der Waals surface area contributed by atoms with Gasteiger partial charge in [0.15, 0.2) is 5.57 Å². The van der Waals surface area contributed by atoms with Gasteiger partial charge in [0.2, 0.25) is 0 Å². The number of hydrogen-bond acceptors (Lipinski definition) is 6. The highest BCUT2D eigenvalue weighted by Crippen LogP contribution is 2.35. The Morgan fingerprint density at radius 1 is 1.18 bits per heavy atom. The normalized spacial score (nSPS) is 14.6. The molecule has 1 amide bonds. The zero-order valence-electron chi connectivity index (χ0n) is 16.8. The molecule has 0 saturated heterocycles. The Hall–Kier alpha value is -3.50. The lowest BCUT2D eigenvalue weighted by molar-refractivity contribution is 0.0174. The van der Waals surface area contributed by atoms with Gasteiger partial charge in [-0.25, -0.2) is 4.79 Å². The molecule has 1 N–H and O–H groups in total. The van der Waals surface area contributed by atoms with E-state index >= 15 is 0 Å². The van der Waals surface area contributed by atoms with Crippen molar-refractivity contribution in [3.8, 4) is 18.2 Å². The molecule has 1 aliphatic heterocycles. The highest BCUT2D eigenvalue weighted by molar-refractivity contribution is 5.70. The van der Waals surface area contributed by atoms with Gasteiger partial charge in [0.1, 0.15) is 29.5 Å². The Kier molecular flexibility index (Phi) is 5.67. The summed E-state index contributed by atoms with van der Waals surface area (Å²) >= 11 is 0. The van der Waals surface area contributed by atoms with Gasteiger partial charge in [-0.05, 0) is 44.0 Å². The lowest BCUT2D eigenvalue weighted by atomic mass is 9.78. The summed E-state index contributed by atoms with van der Waals surface area (Å²) in [6.45, 7) is 10.5. The molecular weight excluding hydrogens is 354 g/mol. The fourth-order valence-electron chi connectivity index (χ4n) is 3.17. The molecule has 0 aliphatic carbocycles. The van der Waals surface area contributed by atoms with E-state index in [9.17, 15) is 10.1 Å². The number of benzene rings is 1. The summed E-state index contributed by atoms with van der Waals surface area (Å²) in [7, 11) is 0. The van der Waals surface area contributed by atoms with Crippen LogP contribution < -0.4 is 5.32 Å². The third-order valence-corrected chi connectivity index (χ3v) is 4.29. The lowest BCUT2D eigenvalue weighted by Gasteiger charge is -2.40. The van der Waals surface area contributed by atoms with Crippen molar-refractivity contribution in [2.45, 2.75) is 52.2 Å². The second-order valence-corrected chi connectivity index (χ2v) is 8.30. The van der Waals surface area contributed by atoms with Crippen molar-refractivity contribution in [3.63, 3.8) is 0 Å². The summed E-state index contributed by atoms with van der Waals surface area (Å²) in [5.41, 5.74) is 1.34. The zero-order valence-corrected chi connectivity index (χ0v) is 16.8. The minimum atomic E-state index is -0.581. The summed E-state index contributed by atoms with van der Waals surface area (Å²) in [5.74, 6) is 0. The zero-order chi connectivity index (χ0) is 21.1. The maximum absolute atomic E-state index is 12.6. The maximum atomic E-state index is 12.6. The average molecular weight is 377 g/mol. The van der Waals surface area contributed by atoms with Crippen LogP contribution in [0.4, 0.5) is 10.5 Å². The first-order chi connectivity index (χ1) is 13.0. The van der Waals surface area contributed by atoms with Gasteiger partial charge in [0.05, 0.1) is 0 Å². The van der Waals surface area contributed by atoms with E-state index in [1.807, 2.05) is 39.0 Å². The smallest absolute Gasteiger partial charge is 0.410 e. The molecular formula is C21H23N5O2. The van der Waals surface area contributed by atoms with Crippen molar-refractivity contribution >= 4 is 11.8 Å². The van der Waals surface area contributed by atoms with Crippen LogP contribution in [0, 0.1) is 34.0 Å². The number of carbonyl (C=O) groups excluding carboxylic acids is 1. The fraction of sp³-hybridized carbons (Fsp3) is 0.429. The Bertz CT molecular complexity index is 933. The number of rotatable bonds is 2. The van der Waals surface area contributed by atoms with Gasteiger partial charge in [0.25, 0.3) is 0 Å². The molecule has 144 valence electrons. The summed E-state index contributed by atoms with van der Waals surface area (Å²) in [6, 6.07) is 10.8. The molecule has 2 rings (SSSR count). The predicted molar refractivity (Wildman–Crippen MR) is 104 cm³/mol. The van der Waals surface area contributed by atoms with E-state index in [0.717, 1.165) is 11.1 Å². The number of nitriles is 3. The van der Waals surface area contributed by atoms with Gasteiger partial charge in [0, 0.05) is 24.2 Å². The third kappa shape index (κ3) is 4.61. The number of fused-ring (bicyclic) bond motifs is 1. The van der Waals surface area contributed by atoms with Gasteiger partial charge in [-0.15, -0.1) is 0 Å². The molecule has 0 fully saturated rings. The molecule has 1 aromatic rings. The van der Waals surface area contributed by atoms with E-state index in [1.54, 1.807) is 23.1 Å². The first kappa shape index (κ1) is 20.8. The number of nitrogens with one attached hydrogen (secondary N) is 1. The second-order valence-electron chi connectivity index (χ2n) is 8.30. The van der Waals surface area contributed by atoms with E-state index in [-0.39, 0.29) is 22.8 Å². The predicted octanol–water partition coefficient (Wildman–Crippen LogP) is 3.95. The summed E-state index contributed by atoms with van der Waals surface area (Å²) < 4.78 is 5.51. The van der Waals surface area contributed by atoms with E-state index in [4.69, 9.17) is 15.3 Å². The van der Waals surface area contributed by atoms with Crippen LogP contribution >= 0.6 is 0 Å². The van der Waals surface area contributed by atoms with Crippen molar-refractivity contribution in [2.24, 2.45) is 0 Å². The molecule has 0 atom stereocenters. The molecule has 0 unspecified atom stereocenters. The molecule has 1 aliphatic rings. The van der Waals surface area contributed by atoms with Crippen LogP contribution in [0.25, 0.3) is 0 Å². The van der Waals surface area contributed by atoms with Gasteiger partial charge in [-0.2, -0.15) is 15.8 Å². The van der Waals surface area contributed by atoms with Gasteiger partial charge >= 0.3 is 6.09 Å². The van der Waals surface area contributed by atoms with Crippen LogP contribution in [0.2, 0.25) is 0 Å². The number of carbonyl (C=O) groups is 1. The highest BCUT2D eigenvalue weighted by Gasteiger charge is 2.35. The van der Waals surface area contributed by atoms with E-state index in [2.05, 4.69) is 19.2 Å². The van der Waals surface area contributed by atoms with Crippen molar-refractivity contribution in [2.75, 3.05) is 11.9 Å². The van der Waals surface area contributed by atoms with Crippen molar-refractivity contribution in [1.29, 1.82) is 15.8 Å². The molecule has 7 nitrogen and oxygen atoms in total. The molecule has 7 heteroatoms. The van der Waals surface area contributed by atoms with E-state index in [1.165, 1.54) is 0 Å². The van der Waals surface area contributed by atoms with Crippen LogP contribution in [0.15, 0.2) is 29.5 Å². The molecule has 1 aromatic carbocycles. The number of ether oxygens (including phenoxy) is 1. The largest absolute Gasteiger partial charge is 0.444 e. The Morgan fingerprint density at radius 3 is 2.36 bits per heavy atom. The second kappa shape index (κ2) is 7.62. The van der Waals surface area contributed by atoms with Gasteiger partial charge < -0.3 is 15.0 Å². The standard InChI is InChI=1S/C21H23N5O2/c1-20(2,3)28-19(27)26-12-14-8-16(6-7-17(14)21(4,5)13-26)25-18(11-24)15(9-22)10-23/h6-8,25H,12-13H2,1-5H3. The van der Waals surface area contributed by atoms with Crippen LogP contribution in [0.1, 0.15) is 45.7 Å². The Morgan fingerprint density at radius 2 is 1.82 bits per heavy atom. The first-order valence-electron chi connectivity index (χ1n) is 8.83. The molecule has 28 heavy (non-hydrogen) atoms. The quantitative estimate of drug-likeness (QED) is 0.781. The van der Waals surface area contributed by atoms with Crippen LogP contribution in [0.3, 0.4) is 0 Å². The molecule has 0 bridgehead atoms. The highest BCUT2D eigenvalue weighted by atomic mass is 16.6. The summed E-state index contributed by atoms with van der Waals surface area (Å²) in [6.07, 6.45) is -0.376. The maximum Gasteiger partial charge on any atom is 0.410 e. The molecule has 0 spiro atoms. The van der Waals surface area contributed by atoms with Crippen LogP contribution in [-0.2, 0) is 16.7 Å². The minimum Gasteiger partial charge on any atom is -0.444 e. The average Bonchev–Trinajstić information content (AvgIpc) is 2.59. The van der Waals surface area contributed by atoms with Crippen LogP contribution in [0.5, 0.6) is 0 Å². The number of amides is 1. The summed E-state index contributed by atoms with van der Waals surface area (Å²) in [5, 5.41) is 30.0. The summed E-state index contributed by atoms with van der Waals surface area (Å²) in [4.78, 5) is 14.2. The monoisotopic (exact) mass is 377 g/mol. The lowest BCUT2D eigenvalue weighted by Crippen LogP contribution is -2.46.